The minimum atomic E-state index is -0.522. The average molecular weight is 368 g/mol. The summed E-state index contributed by atoms with van der Waals surface area (Å²) in [4.78, 5) is 12.3. The van der Waals surface area contributed by atoms with Gasteiger partial charge >= 0.3 is 0 Å². The first-order valence-corrected chi connectivity index (χ1v) is 8.76. The Kier molecular flexibility index (Phi) is 4.68. The molecule has 1 aromatic heterocycles. The number of hydrogen-bond donors (Lipinski definition) is 3. The van der Waals surface area contributed by atoms with E-state index in [9.17, 15) is 13.6 Å². The van der Waals surface area contributed by atoms with Gasteiger partial charge in [0.15, 0.2) is 0 Å². The maximum absolute atomic E-state index is 14.3. The van der Waals surface area contributed by atoms with Crippen LogP contribution in [-0.4, -0.2) is 28.7 Å². The highest BCUT2D eigenvalue weighted by atomic mass is 19.1. The zero-order valence-electron chi connectivity index (χ0n) is 14.4. The molecule has 0 bridgehead atoms. The lowest BCUT2D eigenvalue weighted by Crippen LogP contribution is -2.35. The van der Waals surface area contributed by atoms with Gasteiger partial charge in [0.2, 0.25) is 5.91 Å². The summed E-state index contributed by atoms with van der Waals surface area (Å²) in [5, 5.41) is 13.4. The molecule has 1 aliphatic heterocycles. The highest BCUT2D eigenvalue weighted by Gasteiger charge is 2.23. The van der Waals surface area contributed by atoms with Crippen molar-refractivity contribution in [1.29, 1.82) is 0 Å². The Labute approximate surface area is 154 Å². The molecule has 27 heavy (non-hydrogen) atoms. The summed E-state index contributed by atoms with van der Waals surface area (Å²) in [6.45, 7) is 0.791. The van der Waals surface area contributed by atoms with E-state index in [1.165, 1.54) is 18.2 Å². The minimum Gasteiger partial charge on any atom is -0.322 e. The molecule has 1 atom stereocenters. The second kappa shape index (κ2) is 7.28. The van der Waals surface area contributed by atoms with Crippen LogP contribution in [0.15, 0.2) is 36.4 Å². The first kappa shape index (κ1) is 17.4. The van der Waals surface area contributed by atoms with Gasteiger partial charge in [-0.25, -0.2) is 8.78 Å². The Morgan fingerprint density at radius 2 is 2.00 bits per heavy atom. The Morgan fingerprint density at radius 3 is 2.74 bits per heavy atom. The van der Waals surface area contributed by atoms with Crippen LogP contribution in [0.25, 0.3) is 23.1 Å². The van der Waals surface area contributed by atoms with Gasteiger partial charge in [0.25, 0.3) is 0 Å². The van der Waals surface area contributed by atoms with E-state index in [4.69, 9.17) is 0 Å². The minimum absolute atomic E-state index is 0.124. The van der Waals surface area contributed by atoms with Crippen LogP contribution >= 0.6 is 0 Å². The van der Waals surface area contributed by atoms with E-state index in [0.717, 1.165) is 24.9 Å². The summed E-state index contributed by atoms with van der Waals surface area (Å²) in [5.41, 5.74) is 2.07. The second-order valence-electron chi connectivity index (χ2n) is 6.51. The number of halogens is 2. The molecule has 1 saturated heterocycles. The van der Waals surface area contributed by atoms with Gasteiger partial charge in [0.1, 0.15) is 11.6 Å². The monoisotopic (exact) mass is 368 g/mol. The van der Waals surface area contributed by atoms with Gasteiger partial charge < -0.3 is 10.6 Å². The summed E-state index contributed by atoms with van der Waals surface area (Å²) in [5.74, 6) is -1.06. The maximum Gasteiger partial charge on any atom is 0.241 e. The van der Waals surface area contributed by atoms with Crippen LogP contribution in [0.4, 0.5) is 14.5 Å². The number of rotatable bonds is 4. The zero-order valence-corrected chi connectivity index (χ0v) is 14.4. The predicted molar refractivity (Wildman–Crippen MR) is 101 cm³/mol. The van der Waals surface area contributed by atoms with E-state index < -0.39 is 5.82 Å². The third-order valence-electron chi connectivity index (χ3n) is 4.62. The third kappa shape index (κ3) is 3.73. The highest BCUT2D eigenvalue weighted by molar-refractivity contribution is 5.98. The van der Waals surface area contributed by atoms with Crippen molar-refractivity contribution in [2.75, 3.05) is 11.9 Å². The van der Waals surface area contributed by atoms with Crippen molar-refractivity contribution in [2.24, 2.45) is 0 Å². The smallest absolute Gasteiger partial charge is 0.241 e. The van der Waals surface area contributed by atoms with Gasteiger partial charge in [0.05, 0.1) is 22.9 Å². The summed E-state index contributed by atoms with van der Waals surface area (Å²) < 4.78 is 27.3. The van der Waals surface area contributed by atoms with Crippen molar-refractivity contribution in [3.05, 3.63) is 59.3 Å². The Hall–Kier alpha value is -3.06. The number of aromatic nitrogens is 2. The lowest BCUT2D eigenvalue weighted by molar-refractivity contribution is -0.117. The number of carbonyl (C=O) groups is 1. The Balaban J connectivity index is 1.61. The molecule has 2 aromatic carbocycles. The van der Waals surface area contributed by atoms with E-state index in [2.05, 4.69) is 20.8 Å². The van der Waals surface area contributed by atoms with Gasteiger partial charge in [0, 0.05) is 11.5 Å². The first-order chi connectivity index (χ1) is 13.1. The molecule has 3 N–H and O–H groups in total. The number of nitrogens with one attached hydrogen (secondary N) is 3. The van der Waals surface area contributed by atoms with Crippen molar-refractivity contribution >= 4 is 34.6 Å². The van der Waals surface area contributed by atoms with Crippen LogP contribution in [0.5, 0.6) is 0 Å². The lowest BCUT2D eigenvalue weighted by atomic mass is 10.1. The number of fused-ring (bicyclic) bond motifs is 1. The molecule has 0 aliphatic carbocycles. The molecule has 2 heterocycles. The largest absolute Gasteiger partial charge is 0.322 e. The molecule has 4 rings (SSSR count). The van der Waals surface area contributed by atoms with Crippen molar-refractivity contribution in [3.8, 4) is 0 Å². The van der Waals surface area contributed by atoms with Gasteiger partial charge in [-0.3, -0.25) is 9.89 Å². The standard InChI is InChI=1S/C20H18F2N4O/c21-13-6-3-12(4-7-13)5-8-16-14-10-19(15(22)11-18(14)26-25-16)24-20(27)17-2-1-9-23-17/h3-8,10-11,17,23H,1-2,9H2,(H,24,27)(H,25,26)/b8-5+/t17-/m1/s1. The average Bonchev–Trinajstić information content (AvgIpc) is 3.32. The van der Waals surface area contributed by atoms with Crippen LogP contribution in [0, 0.1) is 11.6 Å². The molecule has 1 aliphatic rings. The predicted octanol–water partition coefficient (Wildman–Crippen LogP) is 3.70. The van der Waals surface area contributed by atoms with Crippen LogP contribution in [0.2, 0.25) is 0 Å². The topological polar surface area (TPSA) is 69.8 Å². The quantitative estimate of drug-likeness (QED) is 0.658. The normalized spacial score (nSPS) is 17.0. The van der Waals surface area contributed by atoms with Crippen LogP contribution in [0.1, 0.15) is 24.1 Å². The van der Waals surface area contributed by atoms with E-state index in [1.807, 2.05) is 0 Å². The molecule has 138 valence electrons. The zero-order chi connectivity index (χ0) is 18.8. The van der Waals surface area contributed by atoms with Gasteiger partial charge in [-0.15, -0.1) is 0 Å². The number of H-pyrrole nitrogens is 1. The molecule has 0 spiro atoms. The van der Waals surface area contributed by atoms with Crippen molar-refractivity contribution in [2.45, 2.75) is 18.9 Å². The van der Waals surface area contributed by atoms with Gasteiger partial charge in [-0.1, -0.05) is 18.2 Å². The molecule has 3 aromatic rings. The number of amides is 1. The number of aromatic amines is 1. The Bertz CT molecular complexity index is 1000. The van der Waals surface area contributed by atoms with Crippen molar-refractivity contribution in [3.63, 3.8) is 0 Å². The maximum atomic E-state index is 14.3. The molecule has 7 heteroatoms. The van der Waals surface area contributed by atoms with E-state index >= 15 is 0 Å². The number of nitrogens with zero attached hydrogens (tertiary/aromatic N) is 1. The molecule has 1 fully saturated rings. The number of benzene rings is 2. The number of hydrogen-bond acceptors (Lipinski definition) is 3. The highest BCUT2D eigenvalue weighted by Crippen LogP contribution is 2.26. The fraction of sp³-hybridized carbons (Fsp3) is 0.200. The van der Waals surface area contributed by atoms with Crippen molar-refractivity contribution < 1.29 is 13.6 Å². The summed E-state index contributed by atoms with van der Waals surface area (Å²) in [6.07, 6.45) is 5.22. The molecule has 0 unspecified atom stereocenters. The van der Waals surface area contributed by atoms with E-state index in [0.29, 0.717) is 16.6 Å². The molecule has 5 nitrogen and oxygen atoms in total. The molecule has 0 saturated carbocycles. The number of carbonyl (C=O) groups excluding carboxylic acids is 1. The summed E-state index contributed by atoms with van der Waals surface area (Å²) in [6, 6.07) is 8.66. The molecular weight excluding hydrogens is 350 g/mol. The second-order valence-corrected chi connectivity index (χ2v) is 6.51. The van der Waals surface area contributed by atoms with Crippen molar-refractivity contribution in [1.82, 2.24) is 15.5 Å². The van der Waals surface area contributed by atoms with Crippen LogP contribution < -0.4 is 10.6 Å². The lowest BCUT2D eigenvalue weighted by Gasteiger charge is -2.11. The summed E-state index contributed by atoms with van der Waals surface area (Å²) >= 11 is 0. The fourth-order valence-electron chi connectivity index (χ4n) is 3.16. The van der Waals surface area contributed by atoms with Crippen LogP contribution in [0.3, 0.4) is 0 Å². The van der Waals surface area contributed by atoms with E-state index in [1.54, 1.807) is 30.4 Å². The SMILES string of the molecule is O=C(Nc1cc2c(/C=C/c3ccc(F)cc3)n[nH]c2cc1F)[C@H]1CCCN1. The van der Waals surface area contributed by atoms with Gasteiger partial charge in [-0.05, 0) is 49.2 Å². The Morgan fingerprint density at radius 1 is 1.19 bits per heavy atom. The molecular formula is C20H18F2N4O. The molecule has 0 radical (unpaired) electrons. The van der Waals surface area contributed by atoms with Crippen LogP contribution in [-0.2, 0) is 4.79 Å². The fourth-order valence-corrected chi connectivity index (χ4v) is 3.16. The summed E-state index contributed by atoms with van der Waals surface area (Å²) in [7, 11) is 0. The van der Waals surface area contributed by atoms with Gasteiger partial charge in [-0.2, -0.15) is 5.10 Å². The van der Waals surface area contributed by atoms with E-state index in [-0.39, 0.29) is 23.5 Å². The first-order valence-electron chi connectivity index (χ1n) is 8.76. The third-order valence-corrected chi connectivity index (χ3v) is 4.62. The number of anilines is 1. The molecule has 1 amide bonds.